The Morgan fingerprint density at radius 1 is 1.35 bits per heavy atom. The standard InChI is InChI=1S/C11H17N5O/c1-7-5-16(6-8(2)17-7)10-4-14-9(3-15-10)11(12)13/h3-4,7-8H,5-6H2,1-2H3,(H3,12,13)/t7-,8+. The number of hydrogen-bond acceptors (Lipinski definition) is 5. The first-order valence-corrected chi connectivity index (χ1v) is 5.63. The summed E-state index contributed by atoms with van der Waals surface area (Å²) in [5.74, 6) is 0.741. The molecule has 2 atom stereocenters. The SMILES string of the molecule is C[C@@H]1CN(c2cnc(C(=N)N)cn2)C[C@H](C)O1. The Balaban J connectivity index is 2.14. The number of morpholine rings is 1. The molecule has 0 bridgehead atoms. The zero-order chi connectivity index (χ0) is 12.4. The van der Waals surface area contributed by atoms with Crippen molar-refractivity contribution in [2.24, 2.45) is 5.73 Å². The molecule has 0 radical (unpaired) electrons. The topological polar surface area (TPSA) is 88.1 Å². The molecular formula is C11H17N5O. The maximum Gasteiger partial charge on any atom is 0.147 e. The zero-order valence-corrected chi connectivity index (χ0v) is 10.1. The van der Waals surface area contributed by atoms with Gasteiger partial charge in [-0.1, -0.05) is 0 Å². The number of rotatable bonds is 2. The molecule has 3 N–H and O–H groups in total. The maximum absolute atomic E-state index is 7.26. The van der Waals surface area contributed by atoms with E-state index in [0.717, 1.165) is 18.9 Å². The molecule has 92 valence electrons. The number of nitrogens with one attached hydrogen (secondary N) is 1. The highest BCUT2D eigenvalue weighted by molar-refractivity contribution is 5.92. The molecule has 1 aliphatic rings. The number of nitrogen functional groups attached to an aromatic ring is 1. The quantitative estimate of drug-likeness (QED) is 0.571. The van der Waals surface area contributed by atoms with E-state index in [1.807, 2.05) is 13.8 Å². The third-order valence-electron chi connectivity index (χ3n) is 2.66. The number of nitrogens with zero attached hydrogens (tertiary/aromatic N) is 3. The van der Waals surface area contributed by atoms with Crippen LogP contribution < -0.4 is 10.6 Å². The Morgan fingerprint density at radius 2 is 2.00 bits per heavy atom. The third-order valence-corrected chi connectivity index (χ3v) is 2.66. The molecule has 6 nitrogen and oxygen atoms in total. The summed E-state index contributed by atoms with van der Waals surface area (Å²) in [7, 11) is 0. The van der Waals surface area contributed by atoms with Gasteiger partial charge in [0.2, 0.25) is 0 Å². The minimum atomic E-state index is -0.0623. The van der Waals surface area contributed by atoms with Crippen molar-refractivity contribution in [3.8, 4) is 0 Å². The van der Waals surface area contributed by atoms with Crippen LogP contribution in [-0.2, 0) is 4.74 Å². The van der Waals surface area contributed by atoms with E-state index >= 15 is 0 Å². The number of aromatic nitrogens is 2. The fraction of sp³-hybridized carbons (Fsp3) is 0.545. The molecule has 1 aliphatic heterocycles. The molecule has 17 heavy (non-hydrogen) atoms. The van der Waals surface area contributed by atoms with Crippen LogP contribution in [0.1, 0.15) is 19.5 Å². The molecule has 1 fully saturated rings. The van der Waals surface area contributed by atoms with E-state index in [1.54, 1.807) is 6.20 Å². The summed E-state index contributed by atoms with van der Waals surface area (Å²) in [4.78, 5) is 10.5. The van der Waals surface area contributed by atoms with Crippen LogP contribution in [0, 0.1) is 5.41 Å². The number of amidine groups is 1. The van der Waals surface area contributed by atoms with Crippen LogP contribution in [0.25, 0.3) is 0 Å². The molecular weight excluding hydrogens is 218 g/mol. The minimum Gasteiger partial charge on any atom is -0.382 e. The highest BCUT2D eigenvalue weighted by atomic mass is 16.5. The van der Waals surface area contributed by atoms with Crippen molar-refractivity contribution in [1.29, 1.82) is 5.41 Å². The zero-order valence-electron chi connectivity index (χ0n) is 10.1. The van der Waals surface area contributed by atoms with Crippen LogP contribution in [-0.4, -0.2) is 41.1 Å². The minimum absolute atomic E-state index is 0.0623. The smallest absolute Gasteiger partial charge is 0.147 e. The highest BCUT2D eigenvalue weighted by Gasteiger charge is 2.23. The molecule has 6 heteroatoms. The molecule has 1 aromatic heterocycles. The Bertz CT molecular complexity index is 395. The fourth-order valence-electron chi connectivity index (χ4n) is 1.99. The van der Waals surface area contributed by atoms with Gasteiger partial charge in [0, 0.05) is 13.1 Å². The van der Waals surface area contributed by atoms with Gasteiger partial charge in [0.25, 0.3) is 0 Å². The second-order valence-corrected chi connectivity index (χ2v) is 4.34. The molecule has 0 saturated carbocycles. The lowest BCUT2D eigenvalue weighted by atomic mass is 10.2. The highest BCUT2D eigenvalue weighted by Crippen LogP contribution is 2.17. The van der Waals surface area contributed by atoms with Crippen LogP contribution in [0.3, 0.4) is 0 Å². The lowest BCUT2D eigenvalue weighted by Crippen LogP contribution is -2.45. The van der Waals surface area contributed by atoms with Gasteiger partial charge in [-0.15, -0.1) is 0 Å². The van der Waals surface area contributed by atoms with Crippen LogP contribution in [0.4, 0.5) is 5.82 Å². The van der Waals surface area contributed by atoms with Gasteiger partial charge in [-0.05, 0) is 13.8 Å². The van der Waals surface area contributed by atoms with E-state index in [1.165, 1.54) is 6.20 Å². The molecule has 1 aromatic rings. The summed E-state index contributed by atoms with van der Waals surface area (Å²) in [5, 5.41) is 7.26. The number of nitrogens with two attached hydrogens (primary N) is 1. The van der Waals surface area contributed by atoms with E-state index in [2.05, 4.69) is 14.9 Å². The van der Waals surface area contributed by atoms with E-state index in [0.29, 0.717) is 5.69 Å². The van der Waals surface area contributed by atoms with E-state index in [9.17, 15) is 0 Å². The molecule has 2 heterocycles. The molecule has 0 aliphatic carbocycles. The van der Waals surface area contributed by atoms with E-state index < -0.39 is 0 Å². The average Bonchev–Trinajstić information content (AvgIpc) is 2.28. The Hall–Kier alpha value is -1.69. The molecule has 2 rings (SSSR count). The summed E-state index contributed by atoms with van der Waals surface area (Å²) in [5.41, 5.74) is 5.74. The molecule has 0 amide bonds. The Labute approximate surface area is 100 Å². The third kappa shape index (κ3) is 2.71. The van der Waals surface area contributed by atoms with Crippen molar-refractivity contribution < 1.29 is 4.74 Å². The number of ether oxygens (including phenoxy) is 1. The first-order chi connectivity index (χ1) is 8.06. The molecule has 1 saturated heterocycles. The van der Waals surface area contributed by atoms with Crippen molar-refractivity contribution >= 4 is 11.7 Å². The van der Waals surface area contributed by atoms with Gasteiger partial charge in [-0.2, -0.15) is 0 Å². The van der Waals surface area contributed by atoms with Crippen molar-refractivity contribution in [3.63, 3.8) is 0 Å². The maximum atomic E-state index is 7.26. The Kier molecular flexibility index (Phi) is 3.23. The summed E-state index contributed by atoms with van der Waals surface area (Å²) in [6, 6.07) is 0. The first-order valence-electron chi connectivity index (χ1n) is 5.63. The van der Waals surface area contributed by atoms with Gasteiger partial charge in [0.1, 0.15) is 17.3 Å². The van der Waals surface area contributed by atoms with Gasteiger partial charge in [0.05, 0.1) is 24.6 Å². The van der Waals surface area contributed by atoms with E-state index in [4.69, 9.17) is 15.9 Å². The van der Waals surface area contributed by atoms with Gasteiger partial charge >= 0.3 is 0 Å². The second-order valence-electron chi connectivity index (χ2n) is 4.34. The monoisotopic (exact) mass is 235 g/mol. The van der Waals surface area contributed by atoms with Crippen LogP contribution >= 0.6 is 0 Å². The van der Waals surface area contributed by atoms with E-state index in [-0.39, 0.29) is 18.0 Å². The Morgan fingerprint density at radius 3 is 2.47 bits per heavy atom. The first kappa shape index (κ1) is 11.8. The summed E-state index contributed by atoms with van der Waals surface area (Å²) in [6.07, 6.45) is 3.56. The molecule has 0 aromatic carbocycles. The summed E-state index contributed by atoms with van der Waals surface area (Å²) in [6.45, 7) is 5.69. The normalized spacial score (nSPS) is 24.7. The van der Waals surface area contributed by atoms with Crippen molar-refractivity contribution in [2.45, 2.75) is 26.1 Å². The largest absolute Gasteiger partial charge is 0.382 e. The van der Waals surface area contributed by atoms with Crippen molar-refractivity contribution in [2.75, 3.05) is 18.0 Å². The van der Waals surface area contributed by atoms with Crippen molar-refractivity contribution in [3.05, 3.63) is 18.1 Å². The fourth-order valence-corrected chi connectivity index (χ4v) is 1.99. The van der Waals surface area contributed by atoms with Crippen molar-refractivity contribution in [1.82, 2.24) is 9.97 Å². The van der Waals surface area contributed by atoms with Crippen LogP contribution in [0.5, 0.6) is 0 Å². The van der Waals surface area contributed by atoms with Gasteiger partial charge in [-0.25, -0.2) is 9.97 Å². The van der Waals surface area contributed by atoms with Gasteiger partial charge in [-0.3, -0.25) is 5.41 Å². The molecule has 0 spiro atoms. The van der Waals surface area contributed by atoms with Crippen LogP contribution in [0.15, 0.2) is 12.4 Å². The van der Waals surface area contributed by atoms with Gasteiger partial charge in [0.15, 0.2) is 0 Å². The second kappa shape index (κ2) is 4.67. The summed E-state index contributed by atoms with van der Waals surface area (Å²) >= 11 is 0. The number of hydrogen-bond donors (Lipinski definition) is 2. The predicted octanol–water partition coefficient (Wildman–Crippen LogP) is 0.374. The average molecular weight is 235 g/mol. The predicted molar refractivity (Wildman–Crippen MR) is 65.3 cm³/mol. The number of anilines is 1. The lowest BCUT2D eigenvalue weighted by molar-refractivity contribution is -0.00547. The van der Waals surface area contributed by atoms with Crippen LogP contribution in [0.2, 0.25) is 0 Å². The van der Waals surface area contributed by atoms with Gasteiger partial charge < -0.3 is 15.4 Å². The lowest BCUT2D eigenvalue weighted by Gasteiger charge is -2.35. The molecule has 0 unspecified atom stereocenters. The summed E-state index contributed by atoms with van der Waals surface area (Å²) < 4.78 is 5.66.